The highest BCUT2D eigenvalue weighted by atomic mass is 16.6. The third kappa shape index (κ3) is 3.35. The second-order valence-electron chi connectivity index (χ2n) is 5.31. The highest BCUT2D eigenvalue weighted by Crippen LogP contribution is 2.21. The number of non-ortho nitro benzene ring substituents is 1. The van der Waals surface area contributed by atoms with Gasteiger partial charge in [-0.2, -0.15) is 4.57 Å². The van der Waals surface area contributed by atoms with E-state index in [0.717, 1.165) is 5.69 Å². The molecule has 3 rings (SSSR count). The Kier molecular flexibility index (Phi) is 4.43. The number of carbonyl (C=O) groups excluding carboxylic acids is 1. The van der Waals surface area contributed by atoms with Crippen LogP contribution < -0.4 is 4.57 Å². The number of nitro groups is 1. The third-order valence-corrected chi connectivity index (χ3v) is 3.70. The van der Waals surface area contributed by atoms with Crippen molar-refractivity contribution >= 4 is 11.5 Å². The molecule has 1 aromatic heterocycles. The van der Waals surface area contributed by atoms with Gasteiger partial charge in [0, 0.05) is 29.8 Å². The largest absolute Gasteiger partial charge is 0.287 e. The Morgan fingerprint density at radius 3 is 2.46 bits per heavy atom. The van der Waals surface area contributed by atoms with Crippen molar-refractivity contribution in [2.45, 2.75) is 6.54 Å². The maximum absolute atomic E-state index is 12.4. The van der Waals surface area contributed by atoms with Gasteiger partial charge < -0.3 is 0 Å². The van der Waals surface area contributed by atoms with Crippen LogP contribution in [0.25, 0.3) is 11.3 Å². The summed E-state index contributed by atoms with van der Waals surface area (Å²) in [5, 5.41) is 11.0. The molecule has 0 unspecified atom stereocenters. The van der Waals surface area contributed by atoms with Gasteiger partial charge in [-0.05, 0) is 12.1 Å². The molecule has 0 bridgehead atoms. The molecule has 0 atom stereocenters. The maximum atomic E-state index is 12.4. The lowest BCUT2D eigenvalue weighted by Crippen LogP contribution is -2.39. The van der Waals surface area contributed by atoms with E-state index in [1.165, 1.54) is 12.1 Å². The average Bonchev–Trinajstić information content (AvgIpc) is 2.63. The molecule has 0 amide bonds. The van der Waals surface area contributed by atoms with Crippen molar-refractivity contribution < 1.29 is 14.3 Å². The van der Waals surface area contributed by atoms with Gasteiger partial charge in [0.25, 0.3) is 5.69 Å². The summed E-state index contributed by atoms with van der Waals surface area (Å²) in [7, 11) is 0. The lowest BCUT2D eigenvalue weighted by atomic mass is 10.1. The molecule has 0 saturated carbocycles. The maximum Gasteiger partial charge on any atom is 0.270 e. The quantitative estimate of drug-likeness (QED) is 0.313. The van der Waals surface area contributed by atoms with Crippen molar-refractivity contribution in [3.05, 3.63) is 94.7 Å². The Bertz CT molecular complexity index is 892. The summed E-state index contributed by atoms with van der Waals surface area (Å²) in [6.07, 6.45) is 1.80. The first-order valence-electron chi connectivity index (χ1n) is 7.47. The van der Waals surface area contributed by atoms with Gasteiger partial charge >= 0.3 is 0 Å². The molecular formula is C19H15N2O3+. The number of benzene rings is 2. The number of nitro benzene ring substituents is 1. The first kappa shape index (κ1) is 15.6. The van der Waals surface area contributed by atoms with Crippen molar-refractivity contribution in [1.29, 1.82) is 0 Å². The summed E-state index contributed by atoms with van der Waals surface area (Å²) in [5.41, 5.74) is 2.12. The lowest BCUT2D eigenvalue weighted by molar-refractivity contribution is -0.672. The summed E-state index contributed by atoms with van der Waals surface area (Å²) in [4.78, 5) is 23.0. The van der Waals surface area contributed by atoms with Crippen molar-refractivity contribution in [2.75, 3.05) is 0 Å². The Labute approximate surface area is 139 Å². The molecule has 1 heterocycles. The van der Waals surface area contributed by atoms with E-state index in [1.54, 1.807) is 35.0 Å². The Morgan fingerprint density at radius 1 is 0.958 bits per heavy atom. The zero-order valence-electron chi connectivity index (χ0n) is 12.8. The molecule has 3 aromatic rings. The Balaban J connectivity index is 1.95. The minimum atomic E-state index is -0.425. The minimum absolute atomic E-state index is 0.0153. The van der Waals surface area contributed by atoms with Crippen LogP contribution in [0.2, 0.25) is 0 Å². The lowest BCUT2D eigenvalue weighted by Gasteiger charge is -2.04. The second kappa shape index (κ2) is 6.83. The first-order chi connectivity index (χ1) is 11.6. The van der Waals surface area contributed by atoms with E-state index in [4.69, 9.17) is 0 Å². The fourth-order valence-electron chi connectivity index (χ4n) is 2.53. The van der Waals surface area contributed by atoms with E-state index in [9.17, 15) is 14.9 Å². The molecule has 5 heteroatoms. The van der Waals surface area contributed by atoms with Crippen LogP contribution in [0.3, 0.4) is 0 Å². The summed E-state index contributed by atoms with van der Waals surface area (Å²) in [6.45, 7) is 0.170. The van der Waals surface area contributed by atoms with Crippen molar-refractivity contribution in [3.8, 4) is 11.3 Å². The molecule has 0 aliphatic carbocycles. The van der Waals surface area contributed by atoms with E-state index < -0.39 is 4.92 Å². The minimum Gasteiger partial charge on any atom is -0.287 e. The van der Waals surface area contributed by atoms with Gasteiger partial charge in [-0.15, -0.1) is 0 Å². The first-order valence-corrected chi connectivity index (χ1v) is 7.47. The standard InChI is InChI=1S/C19H15N2O3/c22-19(15-7-2-1-3-8-15)14-20-12-5-4-11-18(20)16-9-6-10-17(13-16)21(23)24/h1-13H,14H2/q+1. The summed E-state index contributed by atoms with van der Waals surface area (Å²) >= 11 is 0. The Hall–Kier alpha value is -3.34. The van der Waals surface area contributed by atoms with Crippen LogP contribution in [-0.2, 0) is 6.54 Å². The zero-order valence-corrected chi connectivity index (χ0v) is 12.8. The average molecular weight is 319 g/mol. The number of ketones is 1. The molecule has 0 radical (unpaired) electrons. The van der Waals surface area contributed by atoms with Gasteiger partial charge in [-0.1, -0.05) is 36.4 Å². The van der Waals surface area contributed by atoms with Crippen LogP contribution in [0, 0.1) is 10.1 Å². The van der Waals surface area contributed by atoms with Crippen LogP contribution in [0.15, 0.2) is 79.0 Å². The molecule has 0 spiro atoms. The number of nitrogens with zero attached hydrogens (tertiary/aromatic N) is 2. The number of carbonyl (C=O) groups is 1. The van der Waals surface area contributed by atoms with Gasteiger partial charge in [-0.25, -0.2) is 0 Å². The van der Waals surface area contributed by atoms with Gasteiger partial charge in [0.1, 0.15) is 0 Å². The summed E-state index contributed by atoms with van der Waals surface area (Å²) < 4.78 is 1.80. The Morgan fingerprint density at radius 2 is 1.71 bits per heavy atom. The molecule has 24 heavy (non-hydrogen) atoms. The van der Waals surface area contributed by atoms with E-state index >= 15 is 0 Å². The smallest absolute Gasteiger partial charge is 0.270 e. The number of hydrogen-bond acceptors (Lipinski definition) is 3. The number of hydrogen-bond donors (Lipinski definition) is 0. The number of aromatic nitrogens is 1. The molecular weight excluding hydrogens is 304 g/mol. The van der Waals surface area contributed by atoms with Gasteiger partial charge in [0.2, 0.25) is 18.0 Å². The fourth-order valence-corrected chi connectivity index (χ4v) is 2.53. The molecule has 0 saturated heterocycles. The van der Waals surface area contributed by atoms with Gasteiger partial charge in [-0.3, -0.25) is 14.9 Å². The van der Waals surface area contributed by atoms with Crippen LogP contribution in [0.4, 0.5) is 5.69 Å². The molecule has 0 fully saturated rings. The van der Waals surface area contributed by atoms with Crippen molar-refractivity contribution in [2.24, 2.45) is 0 Å². The monoisotopic (exact) mass is 319 g/mol. The van der Waals surface area contributed by atoms with Gasteiger partial charge in [0.05, 0.1) is 10.5 Å². The second-order valence-corrected chi connectivity index (χ2v) is 5.31. The van der Waals surface area contributed by atoms with Crippen LogP contribution in [0.1, 0.15) is 10.4 Å². The van der Waals surface area contributed by atoms with Crippen LogP contribution in [0.5, 0.6) is 0 Å². The predicted octanol–water partition coefficient (Wildman–Crippen LogP) is 3.43. The number of pyridine rings is 1. The molecule has 0 N–H and O–H groups in total. The summed E-state index contributed by atoms with van der Waals surface area (Å²) in [5.74, 6) is -0.0153. The molecule has 0 aliphatic heterocycles. The fraction of sp³-hybridized carbons (Fsp3) is 0.0526. The number of rotatable bonds is 5. The highest BCUT2D eigenvalue weighted by Gasteiger charge is 2.19. The van der Waals surface area contributed by atoms with Crippen LogP contribution >= 0.6 is 0 Å². The molecule has 5 nitrogen and oxygen atoms in total. The van der Waals surface area contributed by atoms with E-state index in [0.29, 0.717) is 11.1 Å². The topological polar surface area (TPSA) is 64.1 Å². The number of Topliss-reactive ketones (excluding diaryl/α,β-unsaturated/α-hetero) is 1. The summed E-state index contributed by atoms with van der Waals surface area (Å²) in [6, 6.07) is 21.0. The SMILES string of the molecule is O=C(C[n+]1ccccc1-c1cccc([N+](=O)[O-])c1)c1ccccc1. The van der Waals surface area contributed by atoms with Crippen LogP contribution in [-0.4, -0.2) is 10.7 Å². The molecule has 0 aliphatic rings. The third-order valence-electron chi connectivity index (χ3n) is 3.70. The van der Waals surface area contributed by atoms with Gasteiger partial charge in [0.15, 0.2) is 6.20 Å². The van der Waals surface area contributed by atoms with E-state index in [1.807, 2.05) is 36.4 Å². The van der Waals surface area contributed by atoms with E-state index in [2.05, 4.69) is 0 Å². The van der Waals surface area contributed by atoms with E-state index in [-0.39, 0.29) is 18.0 Å². The van der Waals surface area contributed by atoms with Crippen molar-refractivity contribution in [1.82, 2.24) is 0 Å². The highest BCUT2D eigenvalue weighted by molar-refractivity contribution is 5.95. The normalized spacial score (nSPS) is 10.3. The predicted molar refractivity (Wildman–Crippen MR) is 89.5 cm³/mol. The van der Waals surface area contributed by atoms with Crippen molar-refractivity contribution in [3.63, 3.8) is 0 Å². The molecule has 2 aromatic carbocycles. The zero-order chi connectivity index (χ0) is 16.9. The molecule has 118 valence electrons.